The van der Waals surface area contributed by atoms with Crippen molar-refractivity contribution in [2.45, 2.75) is 25.7 Å². The van der Waals surface area contributed by atoms with Gasteiger partial charge in [-0.25, -0.2) is 0 Å². The molecule has 0 radical (unpaired) electrons. The summed E-state index contributed by atoms with van der Waals surface area (Å²) in [7, 11) is 0. The summed E-state index contributed by atoms with van der Waals surface area (Å²) in [5, 5.41) is 21.2. The maximum Gasteiger partial charge on any atom is 0.315 e. The number of nitrogens with zero attached hydrogens (tertiary/aromatic N) is 1. The van der Waals surface area contributed by atoms with Crippen LogP contribution >= 0.6 is 0 Å². The van der Waals surface area contributed by atoms with Crippen molar-refractivity contribution in [3.8, 4) is 5.75 Å². The van der Waals surface area contributed by atoms with Crippen LogP contribution < -0.4 is 0 Å². The molecule has 0 bridgehead atoms. The Balaban J connectivity index is 2.41. The third-order valence-electron chi connectivity index (χ3n) is 3.55. The minimum atomic E-state index is -0.719. The average molecular weight is 261 g/mol. The van der Waals surface area contributed by atoms with Crippen molar-refractivity contribution in [1.82, 2.24) is 0 Å². The molecule has 98 valence electrons. The van der Waals surface area contributed by atoms with Crippen molar-refractivity contribution in [3.63, 3.8) is 0 Å². The van der Waals surface area contributed by atoms with Crippen LogP contribution in [-0.2, 0) is 12.8 Å². The molecule has 1 aromatic heterocycles. The SMILES string of the molecule is O=Cc1c(O)c([N+](=O)[O-])cc2oc3c(c12)CCCC3. The summed E-state index contributed by atoms with van der Waals surface area (Å²) in [6, 6.07) is 1.19. The number of benzene rings is 1. The van der Waals surface area contributed by atoms with E-state index in [0.717, 1.165) is 37.0 Å². The molecule has 0 spiro atoms. The summed E-state index contributed by atoms with van der Waals surface area (Å²) in [6.45, 7) is 0. The third kappa shape index (κ3) is 1.60. The van der Waals surface area contributed by atoms with Gasteiger partial charge in [-0.2, -0.15) is 0 Å². The van der Waals surface area contributed by atoms with Gasteiger partial charge in [-0.15, -0.1) is 0 Å². The summed E-state index contributed by atoms with van der Waals surface area (Å²) in [6.07, 6.45) is 3.96. The van der Waals surface area contributed by atoms with Gasteiger partial charge in [0.2, 0.25) is 5.75 Å². The van der Waals surface area contributed by atoms with Crippen LogP contribution in [0.1, 0.15) is 34.5 Å². The lowest BCUT2D eigenvalue weighted by atomic mass is 9.93. The highest BCUT2D eigenvalue weighted by atomic mass is 16.6. The van der Waals surface area contributed by atoms with E-state index >= 15 is 0 Å². The number of furan rings is 1. The number of aryl methyl sites for hydroxylation is 2. The molecular formula is C13H11NO5. The maximum absolute atomic E-state index is 11.2. The number of nitro groups is 1. The fraction of sp³-hybridized carbons (Fsp3) is 0.308. The van der Waals surface area contributed by atoms with Gasteiger partial charge in [0.25, 0.3) is 0 Å². The number of aldehydes is 1. The second kappa shape index (κ2) is 4.08. The summed E-state index contributed by atoms with van der Waals surface area (Å²) >= 11 is 0. The lowest BCUT2D eigenvalue weighted by Crippen LogP contribution is -2.00. The standard InChI is InChI=1S/C13H11NO5/c15-6-8-12-7-3-1-2-4-10(7)19-11(12)5-9(13(8)16)14(17)18/h5-6,16H,1-4H2. The first kappa shape index (κ1) is 11.7. The quantitative estimate of drug-likeness (QED) is 0.509. The van der Waals surface area contributed by atoms with Gasteiger partial charge < -0.3 is 9.52 Å². The number of hydrogen-bond donors (Lipinski definition) is 1. The molecule has 19 heavy (non-hydrogen) atoms. The van der Waals surface area contributed by atoms with E-state index in [1.165, 1.54) is 6.07 Å². The largest absolute Gasteiger partial charge is 0.502 e. The summed E-state index contributed by atoms with van der Waals surface area (Å²) in [4.78, 5) is 21.3. The van der Waals surface area contributed by atoms with Gasteiger partial charge >= 0.3 is 5.69 Å². The normalized spacial score (nSPS) is 14.3. The monoisotopic (exact) mass is 261 g/mol. The smallest absolute Gasteiger partial charge is 0.315 e. The molecule has 0 atom stereocenters. The van der Waals surface area contributed by atoms with Crippen molar-refractivity contribution in [2.24, 2.45) is 0 Å². The predicted octanol–water partition coefficient (Wildman–Crippen LogP) is 2.74. The number of carbonyl (C=O) groups is 1. The first-order valence-electron chi connectivity index (χ1n) is 6.03. The highest BCUT2D eigenvalue weighted by molar-refractivity contribution is 6.03. The lowest BCUT2D eigenvalue weighted by molar-refractivity contribution is -0.385. The predicted molar refractivity (Wildman–Crippen MR) is 66.6 cm³/mol. The van der Waals surface area contributed by atoms with Gasteiger partial charge in [-0.1, -0.05) is 0 Å². The molecule has 1 N–H and O–H groups in total. The van der Waals surface area contributed by atoms with Crippen molar-refractivity contribution in [2.75, 3.05) is 0 Å². The number of rotatable bonds is 2. The van der Waals surface area contributed by atoms with E-state index in [-0.39, 0.29) is 5.56 Å². The molecule has 6 heteroatoms. The first-order chi connectivity index (χ1) is 9.13. The minimum Gasteiger partial charge on any atom is -0.502 e. The molecule has 0 unspecified atom stereocenters. The number of carbonyl (C=O) groups excluding carboxylic acids is 1. The Kier molecular flexibility index (Phi) is 2.51. The zero-order chi connectivity index (χ0) is 13.6. The summed E-state index contributed by atoms with van der Waals surface area (Å²) < 4.78 is 5.60. The molecule has 0 saturated heterocycles. The third-order valence-corrected chi connectivity index (χ3v) is 3.55. The van der Waals surface area contributed by atoms with Crippen LogP contribution in [0.3, 0.4) is 0 Å². The highest BCUT2D eigenvalue weighted by Crippen LogP contribution is 2.41. The van der Waals surface area contributed by atoms with E-state index in [2.05, 4.69) is 0 Å². The van der Waals surface area contributed by atoms with E-state index in [4.69, 9.17) is 4.42 Å². The molecule has 0 saturated carbocycles. The van der Waals surface area contributed by atoms with Crippen LogP contribution in [0, 0.1) is 10.1 Å². The number of aromatic hydroxyl groups is 1. The fourth-order valence-corrected chi connectivity index (χ4v) is 2.69. The van der Waals surface area contributed by atoms with E-state index in [1.807, 2.05) is 0 Å². The van der Waals surface area contributed by atoms with E-state index < -0.39 is 16.4 Å². The molecule has 6 nitrogen and oxygen atoms in total. The molecule has 1 aliphatic carbocycles. The molecule has 0 fully saturated rings. The van der Waals surface area contributed by atoms with Crippen LogP contribution in [-0.4, -0.2) is 16.3 Å². The van der Waals surface area contributed by atoms with Crippen molar-refractivity contribution in [3.05, 3.63) is 33.1 Å². The number of phenolic OH excluding ortho intramolecular Hbond substituents is 1. The number of hydrogen-bond acceptors (Lipinski definition) is 5. The molecular weight excluding hydrogens is 250 g/mol. The summed E-state index contributed by atoms with van der Waals surface area (Å²) in [5.74, 6) is 0.186. The van der Waals surface area contributed by atoms with E-state index in [0.29, 0.717) is 17.3 Å². The van der Waals surface area contributed by atoms with Gasteiger partial charge in [0.15, 0.2) is 6.29 Å². The van der Waals surface area contributed by atoms with Crippen LogP contribution in [0.4, 0.5) is 5.69 Å². The number of nitro benzene ring substituents is 1. The first-order valence-corrected chi connectivity index (χ1v) is 6.03. The van der Waals surface area contributed by atoms with E-state index in [9.17, 15) is 20.0 Å². The topological polar surface area (TPSA) is 93.6 Å². The molecule has 2 aromatic rings. The maximum atomic E-state index is 11.2. The van der Waals surface area contributed by atoms with Crippen molar-refractivity contribution < 1.29 is 19.2 Å². The Hall–Kier alpha value is -2.37. The van der Waals surface area contributed by atoms with Crippen LogP contribution in [0.2, 0.25) is 0 Å². The molecule has 0 aliphatic heterocycles. The minimum absolute atomic E-state index is 0.0453. The molecule has 3 rings (SSSR count). The fourth-order valence-electron chi connectivity index (χ4n) is 2.69. The van der Waals surface area contributed by atoms with Crippen molar-refractivity contribution in [1.29, 1.82) is 0 Å². The van der Waals surface area contributed by atoms with Crippen LogP contribution in [0.15, 0.2) is 10.5 Å². The second-order valence-electron chi connectivity index (χ2n) is 4.62. The second-order valence-corrected chi connectivity index (χ2v) is 4.62. The zero-order valence-corrected chi connectivity index (χ0v) is 10.0. The molecule has 1 aliphatic rings. The Labute approximate surface area is 107 Å². The highest BCUT2D eigenvalue weighted by Gasteiger charge is 2.27. The molecule has 0 amide bonds. The summed E-state index contributed by atoms with van der Waals surface area (Å²) in [5.41, 5.74) is 0.656. The Morgan fingerprint density at radius 2 is 2.11 bits per heavy atom. The van der Waals surface area contributed by atoms with Gasteiger partial charge in [-0.05, 0) is 19.3 Å². The van der Waals surface area contributed by atoms with Crippen LogP contribution in [0.5, 0.6) is 5.75 Å². The average Bonchev–Trinajstić information content (AvgIpc) is 2.76. The lowest BCUT2D eigenvalue weighted by Gasteiger charge is -2.09. The number of phenols is 1. The Morgan fingerprint density at radius 3 is 2.79 bits per heavy atom. The zero-order valence-electron chi connectivity index (χ0n) is 10.0. The Bertz CT molecular complexity index is 701. The van der Waals surface area contributed by atoms with Gasteiger partial charge in [0, 0.05) is 17.4 Å². The van der Waals surface area contributed by atoms with Crippen LogP contribution in [0.25, 0.3) is 11.0 Å². The van der Waals surface area contributed by atoms with Gasteiger partial charge in [-0.3, -0.25) is 14.9 Å². The van der Waals surface area contributed by atoms with Gasteiger partial charge in [0.1, 0.15) is 11.3 Å². The molecule has 1 aromatic carbocycles. The number of fused-ring (bicyclic) bond motifs is 3. The molecule has 1 heterocycles. The Morgan fingerprint density at radius 1 is 1.37 bits per heavy atom. The van der Waals surface area contributed by atoms with Gasteiger partial charge in [0.05, 0.1) is 16.6 Å². The van der Waals surface area contributed by atoms with Crippen molar-refractivity contribution >= 4 is 22.9 Å². The van der Waals surface area contributed by atoms with E-state index in [1.54, 1.807) is 0 Å².